The first-order valence-electron chi connectivity index (χ1n) is 17.6. The summed E-state index contributed by atoms with van der Waals surface area (Å²) < 4.78 is 89.3. The summed E-state index contributed by atoms with van der Waals surface area (Å²) in [5.74, 6) is -2.01. The molecule has 0 saturated carbocycles. The van der Waals surface area contributed by atoms with Gasteiger partial charge in [-0.25, -0.2) is 0 Å². The van der Waals surface area contributed by atoms with Gasteiger partial charge >= 0.3 is 0 Å². The van der Waals surface area contributed by atoms with Crippen LogP contribution in [-0.2, 0) is 38.2 Å². The van der Waals surface area contributed by atoms with Crippen LogP contribution in [0.5, 0.6) is 5.75 Å². The predicted molar refractivity (Wildman–Crippen MR) is 201 cm³/mol. The molecule has 1 saturated heterocycles. The van der Waals surface area contributed by atoms with Crippen LogP contribution in [0.3, 0.4) is 0 Å². The Morgan fingerprint density at radius 1 is 0.891 bits per heavy atom. The third kappa shape index (κ3) is 7.43. The number of nitro groups is 2. The molecule has 0 unspecified atom stereocenters. The number of benzene rings is 3. The average Bonchev–Trinajstić information content (AvgIpc) is 3.63. The fraction of sp³-hybridized carbons (Fsp3) is 0.417. The van der Waals surface area contributed by atoms with Crippen LogP contribution < -0.4 is 4.74 Å². The molecule has 294 valence electrons. The van der Waals surface area contributed by atoms with Crippen LogP contribution in [0.2, 0.25) is 18.1 Å². The molecule has 55 heavy (non-hydrogen) atoms. The lowest BCUT2D eigenvalue weighted by Gasteiger charge is -2.43. The van der Waals surface area contributed by atoms with E-state index in [1.165, 1.54) is 0 Å². The topological polar surface area (TPSA) is 213 Å². The first-order valence-corrected chi connectivity index (χ1v) is 23.0. The average molecular weight is 816 g/mol. The highest BCUT2D eigenvalue weighted by atomic mass is 32.2. The molecule has 0 aromatic heterocycles. The lowest BCUT2D eigenvalue weighted by Crippen LogP contribution is -2.46. The van der Waals surface area contributed by atoms with E-state index in [2.05, 4.69) is 25.2 Å². The first-order chi connectivity index (χ1) is 26.0. The van der Waals surface area contributed by atoms with Gasteiger partial charge in [0, 0.05) is 41.8 Å². The van der Waals surface area contributed by atoms with Crippen LogP contribution in [0.15, 0.2) is 92.6 Å². The van der Waals surface area contributed by atoms with Gasteiger partial charge in [-0.3, -0.25) is 24.4 Å². The van der Waals surface area contributed by atoms with E-state index in [1.54, 1.807) is 13.2 Å². The van der Waals surface area contributed by atoms with Gasteiger partial charge in [-0.15, -0.1) is 4.40 Å². The summed E-state index contributed by atoms with van der Waals surface area (Å²) in [6, 6.07) is 16.7. The zero-order valence-corrected chi connectivity index (χ0v) is 33.4. The number of methoxy groups -OCH3 is 1. The maximum absolute atomic E-state index is 13.7. The molecule has 3 aromatic rings. The quantitative estimate of drug-likeness (QED) is 0.0650. The fourth-order valence-corrected chi connectivity index (χ4v) is 12.3. The van der Waals surface area contributed by atoms with E-state index < -0.39 is 68.3 Å². The summed E-state index contributed by atoms with van der Waals surface area (Å²) in [6.45, 7) is 7.82. The molecule has 6 rings (SSSR count). The van der Waals surface area contributed by atoms with Crippen molar-refractivity contribution < 1.29 is 49.5 Å². The minimum Gasteiger partial charge on any atom is -0.496 e. The van der Waals surface area contributed by atoms with Crippen molar-refractivity contribution >= 4 is 45.7 Å². The molecule has 2 bridgehead atoms. The number of nitro benzene ring substituents is 2. The lowest BCUT2D eigenvalue weighted by molar-refractivity contribution is -0.385. The molecule has 0 N–H and O–H groups in total. The van der Waals surface area contributed by atoms with E-state index in [-0.39, 0.29) is 39.1 Å². The van der Waals surface area contributed by atoms with Crippen LogP contribution in [0.1, 0.15) is 63.7 Å². The van der Waals surface area contributed by atoms with Crippen molar-refractivity contribution in [2.24, 2.45) is 4.40 Å². The van der Waals surface area contributed by atoms with Crippen molar-refractivity contribution in [1.29, 1.82) is 0 Å². The van der Waals surface area contributed by atoms with Gasteiger partial charge in [0.05, 0.1) is 45.4 Å². The summed E-state index contributed by atoms with van der Waals surface area (Å²) in [5, 5.41) is 22.3. The standard InChI is InChI=1S/C36H41N3O13S2Si/c1-6-55(7-2,8-3)51-33-29-10-9-11-31(48-5)32(29)30-23-35(33,4)52-36(30)22-24(20-21-49-54(46,47)28-18-14-26(15-19-28)39(42)43)34(50-36)37-53(44,45)27-16-12-25(13-17-27)38(40)41/h9-19,22,30,33H,6-8,20-21,23H2,1-5H3/b37-34+/t30-,33+,35+,36+/m0/s1. The highest BCUT2D eigenvalue weighted by Crippen LogP contribution is 2.64. The highest BCUT2D eigenvalue weighted by molar-refractivity contribution is 7.90. The van der Waals surface area contributed by atoms with Crippen LogP contribution in [-0.4, -0.2) is 66.0 Å². The Balaban J connectivity index is 1.41. The monoisotopic (exact) mass is 815 g/mol. The molecular weight excluding hydrogens is 775 g/mol. The van der Waals surface area contributed by atoms with Gasteiger partial charge in [0.1, 0.15) is 11.4 Å². The van der Waals surface area contributed by atoms with Crippen LogP contribution in [0, 0.1) is 20.2 Å². The van der Waals surface area contributed by atoms with E-state index in [1.807, 2.05) is 25.1 Å². The number of non-ortho nitro benzene ring substituents is 2. The number of sulfonamides is 1. The number of hydrogen-bond acceptors (Lipinski definition) is 13. The molecule has 1 aliphatic carbocycles. The van der Waals surface area contributed by atoms with Gasteiger partial charge < -0.3 is 18.6 Å². The maximum atomic E-state index is 13.7. The molecule has 3 aliphatic rings. The zero-order chi connectivity index (χ0) is 40.0. The Kier molecular flexibility index (Phi) is 10.8. The molecule has 16 nitrogen and oxygen atoms in total. The van der Waals surface area contributed by atoms with E-state index in [0.717, 1.165) is 77.8 Å². The molecule has 2 aliphatic heterocycles. The molecular formula is C36H41N3O13S2Si. The smallest absolute Gasteiger partial charge is 0.296 e. The molecule has 3 aromatic carbocycles. The van der Waals surface area contributed by atoms with E-state index in [9.17, 15) is 37.1 Å². The molecule has 4 atom stereocenters. The summed E-state index contributed by atoms with van der Waals surface area (Å²) in [6.07, 6.45) is 1.24. The van der Waals surface area contributed by atoms with Crippen LogP contribution in [0.4, 0.5) is 11.4 Å². The Labute approximate surface area is 319 Å². The summed E-state index contributed by atoms with van der Waals surface area (Å²) >= 11 is 0. The Bertz CT molecular complexity index is 2270. The minimum absolute atomic E-state index is 0.161. The normalized spacial score (nSPS) is 24.0. The fourth-order valence-electron chi connectivity index (χ4n) is 7.59. The lowest BCUT2D eigenvalue weighted by atomic mass is 9.73. The zero-order valence-electron chi connectivity index (χ0n) is 30.8. The maximum Gasteiger partial charge on any atom is 0.296 e. The second-order valence-corrected chi connectivity index (χ2v) is 21.7. The summed E-state index contributed by atoms with van der Waals surface area (Å²) in [7, 11) is -9.64. The van der Waals surface area contributed by atoms with Gasteiger partial charge in [-0.05, 0) is 73.4 Å². The van der Waals surface area contributed by atoms with Crippen LogP contribution in [0.25, 0.3) is 0 Å². The van der Waals surface area contributed by atoms with E-state index in [4.69, 9.17) is 22.8 Å². The Hall–Kier alpha value is -4.53. The summed E-state index contributed by atoms with van der Waals surface area (Å²) in [5.41, 5.74) is 0.201. The number of fused-ring (bicyclic) bond motifs is 5. The largest absolute Gasteiger partial charge is 0.496 e. The molecule has 2 heterocycles. The molecule has 19 heteroatoms. The van der Waals surface area contributed by atoms with Gasteiger partial charge in [-0.1, -0.05) is 32.9 Å². The van der Waals surface area contributed by atoms with Gasteiger partial charge in [0.15, 0.2) is 8.32 Å². The van der Waals surface area contributed by atoms with E-state index >= 15 is 0 Å². The van der Waals surface area contributed by atoms with Crippen molar-refractivity contribution in [2.45, 2.75) is 91.9 Å². The molecule has 0 radical (unpaired) electrons. The van der Waals surface area contributed by atoms with Crippen molar-refractivity contribution in [3.63, 3.8) is 0 Å². The van der Waals surface area contributed by atoms with Crippen molar-refractivity contribution in [1.82, 2.24) is 0 Å². The van der Waals surface area contributed by atoms with Gasteiger partial charge in [-0.2, -0.15) is 16.8 Å². The first kappa shape index (κ1) is 40.1. The third-order valence-corrected chi connectivity index (χ3v) is 17.9. The van der Waals surface area contributed by atoms with Crippen molar-refractivity contribution in [3.05, 3.63) is 110 Å². The number of nitrogens with zero attached hydrogens (tertiary/aromatic N) is 3. The number of ether oxygens (including phenoxy) is 3. The number of rotatable bonds is 15. The van der Waals surface area contributed by atoms with Crippen molar-refractivity contribution in [3.8, 4) is 5.75 Å². The van der Waals surface area contributed by atoms with Gasteiger partial charge in [0.2, 0.25) is 11.7 Å². The van der Waals surface area contributed by atoms with Crippen LogP contribution >= 0.6 is 0 Å². The Morgan fingerprint density at radius 2 is 1.47 bits per heavy atom. The molecule has 1 spiro atoms. The number of hydrogen-bond donors (Lipinski definition) is 0. The summed E-state index contributed by atoms with van der Waals surface area (Å²) in [4.78, 5) is 20.3. The second kappa shape index (κ2) is 14.8. The highest BCUT2D eigenvalue weighted by Gasteiger charge is 2.66. The van der Waals surface area contributed by atoms with Gasteiger partial charge in [0.25, 0.3) is 31.5 Å². The van der Waals surface area contributed by atoms with Crippen molar-refractivity contribution in [2.75, 3.05) is 13.7 Å². The second-order valence-electron chi connectivity index (χ2n) is 13.8. The molecule has 1 fully saturated rings. The van der Waals surface area contributed by atoms with E-state index in [0.29, 0.717) is 12.2 Å². The molecule has 0 amide bonds. The SMILES string of the molecule is CC[Si](CC)(CC)O[C@@H]1c2cccc(OC)c2[C@@H]2C[C@@]1(C)O[C@]21C=C(CCOS(=O)(=O)c2ccc([N+](=O)[O-])cc2)/C(=N\S(=O)(=O)c2ccc([N+](=O)[O-])cc2)O1. The Morgan fingerprint density at radius 3 is 2.02 bits per heavy atom. The third-order valence-electron chi connectivity index (χ3n) is 10.7. The minimum atomic E-state index is -4.54. The predicted octanol–water partition coefficient (Wildman–Crippen LogP) is 7.09.